The van der Waals surface area contributed by atoms with Crippen molar-refractivity contribution in [3.05, 3.63) is 113 Å². The van der Waals surface area contributed by atoms with E-state index < -0.39 is 38.4 Å². The number of esters is 1. The first-order chi connectivity index (χ1) is 29.0. The molecule has 5 atom stereocenters. The Balaban J connectivity index is 1.54. The van der Waals surface area contributed by atoms with Gasteiger partial charge >= 0.3 is 5.97 Å². The molecule has 330 valence electrons. The number of ether oxygens (including phenoxy) is 1. The minimum absolute atomic E-state index is 0.00349. The van der Waals surface area contributed by atoms with Crippen LogP contribution >= 0.6 is 11.3 Å². The number of rotatable bonds is 23. The van der Waals surface area contributed by atoms with Gasteiger partial charge in [0.15, 0.2) is 11.9 Å². The van der Waals surface area contributed by atoms with Crippen LogP contribution in [0.2, 0.25) is 5.04 Å². The van der Waals surface area contributed by atoms with Gasteiger partial charge in [-0.3, -0.25) is 19.2 Å². The Morgan fingerprint density at radius 1 is 0.885 bits per heavy atom. The smallest absolute Gasteiger partial charge is 0.303 e. The van der Waals surface area contributed by atoms with Gasteiger partial charge in [-0.05, 0) is 52.1 Å². The van der Waals surface area contributed by atoms with Crippen molar-refractivity contribution in [3.63, 3.8) is 0 Å². The first-order valence-corrected chi connectivity index (χ1v) is 24.6. The number of thiazole rings is 1. The molecule has 0 bridgehead atoms. The average Bonchev–Trinajstić information content (AvgIpc) is 3.74. The van der Waals surface area contributed by atoms with Crippen molar-refractivity contribution in [2.75, 3.05) is 13.2 Å². The van der Waals surface area contributed by atoms with Crippen LogP contribution in [0.3, 0.4) is 0 Å². The second kappa shape index (κ2) is 23.1. The second-order valence-electron chi connectivity index (χ2n) is 17.5. The number of aromatic nitrogens is 1. The van der Waals surface area contributed by atoms with Crippen LogP contribution in [-0.4, -0.2) is 73.0 Å². The van der Waals surface area contributed by atoms with E-state index in [1.807, 2.05) is 82.0 Å². The molecule has 0 aliphatic heterocycles. The van der Waals surface area contributed by atoms with Crippen molar-refractivity contribution in [1.29, 1.82) is 0 Å². The van der Waals surface area contributed by atoms with Gasteiger partial charge in [-0.15, -0.1) is 11.3 Å². The van der Waals surface area contributed by atoms with Gasteiger partial charge < -0.3 is 25.1 Å². The fourth-order valence-corrected chi connectivity index (χ4v) is 13.5. The van der Waals surface area contributed by atoms with Crippen LogP contribution in [0.15, 0.2) is 96.4 Å². The topological polar surface area (TPSA) is 141 Å². The largest absolute Gasteiger partial charge is 0.455 e. The number of benzene rings is 3. The van der Waals surface area contributed by atoms with Crippen LogP contribution < -0.4 is 21.4 Å². The van der Waals surface area contributed by atoms with Gasteiger partial charge in [-0.1, -0.05) is 153 Å². The predicted octanol–water partition coefficient (Wildman–Crippen LogP) is 8.04. The maximum atomic E-state index is 14.1. The van der Waals surface area contributed by atoms with Gasteiger partial charge in [-0.2, -0.15) is 0 Å². The van der Waals surface area contributed by atoms with E-state index in [0.717, 1.165) is 18.4 Å². The van der Waals surface area contributed by atoms with Crippen molar-refractivity contribution < 1.29 is 28.3 Å². The minimum atomic E-state index is -2.79. The Kier molecular flexibility index (Phi) is 18.6. The van der Waals surface area contributed by atoms with Crippen molar-refractivity contribution >= 4 is 53.6 Å². The summed E-state index contributed by atoms with van der Waals surface area (Å²) in [6.07, 6.45) is 1.98. The molecule has 0 saturated carbocycles. The quantitative estimate of drug-likeness (QED) is 0.0434. The molecule has 0 spiro atoms. The number of ketones is 1. The normalized spacial score (nSPS) is 14.4. The monoisotopic (exact) mass is 868 g/mol. The zero-order valence-corrected chi connectivity index (χ0v) is 39.5. The van der Waals surface area contributed by atoms with E-state index in [0.29, 0.717) is 31.0 Å². The SMILES string of the molecule is CCCN(C(=O)[C@@H](N)[C@@H](C)CC)[C@H](C[C@@H](OC(C)=O)c1nc(C(=O)N[C@@H](Cc2ccccc2)C(=O)CCCO[Si](c2ccccc2)(c2ccccc2)C(C)(C)C)cs1)C(C)C. The average molecular weight is 869 g/mol. The number of carbonyl (C=O) groups excluding carboxylic acids is 4. The lowest BCUT2D eigenvalue weighted by Gasteiger charge is -2.43. The van der Waals surface area contributed by atoms with Gasteiger partial charge in [0.2, 0.25) is 5.91 Å². The van der Waals surface area contributed by atoms with E-state index in [1.54, 1.807) is 5.38 Å². The molecule has 0 fully saturated rings. The summed E-state index contributed by atoms with van der Waals surface area (Å²) in [6, 6.07) is 28.7. The molecule has 1 heterocycles. The van der Waals surface area contributed by atoms with Crippen LogP contribution in [0.5, 0.6) is 0 Å². The van der Waals surface area contributed by atoms with E-state index in [-0.39, 0.29) is 53.1 Å². The highest BCUT2D eigenvalue weighted by Crippen LogP contribution is 2.37. The number of nitrogens with one attached hydrogen (secondary N) is 1. The molecule has 0 unspecified atom stereocenters. The molecule has 1 aromatic heterocycles. The first-order valence-electron chi connectivity index (χ1n) is 21.8. The molecular weight excluding hydrogens is 801 g/mol. The lowest BCUT2D eigenvalue weighted by molar-refractivity contribution is -0.149. The summed E-state index contributed by atoms with van der Waals surface area (Å²) in [5.41, 5.74) is 7.50. The number of nitrogens with two attached hydrogens (primary N) is 1. The molecule has 0 saturated heterocycles. The number of amides is 2. The number of Topliss-reactive ketones (excluding diaryl/α,β-unsaturated/α-hetero) is 1. The highest BCUT2D eigenvalue weighted by molar-refractivity contribution is 7.09. The van der Waals surface area contributed by atoms with Crippen molar-refractivity contribution in [2.24, 2.45) is 17.6 Å². The number of carbonyl (C=O) groups is 4. The molecule has 4 rings (SSSR count). The van der Waals surface area contributed by atoms with E-state index in [2.05, 4.69) is 79.6 Å². The van der Waals surface area contributed by atoms with Gasteiger partial charge in [0, 0.05) is 44.3 Å². The van der Waals surface area contributed by atoms with Crippen molar-refractivity contribution in [2.45, 2.75) is 130 Å². The van der Waals surface area contributed by atoms with E-state index in [9.17, 15) is 19.2 Å². The molecule has 0 aliphatic carbocycles. The molecule has 12 heteroatoms. The molecular formula is C49H68N4O6SSi. The van der Waals surface area contributed by atoms with Crippen LogP contribution in [-0.2, 0) is 30.0 Å². The molecule has 61 heavy (non-hydrogen) atoms. The summed E-state index contributed by atoms with van der Waals surface area (Å²) in [4.78, 5) is 60.8. The zero-order valence-electron chi connectivity index (χ0n) is 37.7. The minimum Gasteiger partial charge on any atom is -0.455 e. The first kappa shape index (κ1) is 49.2. The third-order valence-corrected chi connectivity index (χ3v) is 17.5. The molecule has 2 amide bonds. The van der Waals surface area contributed by atoms with E-state index in [4.69, 9.17) is 14.9 Å². The summed E-state index contributed by atoms with van der Waals surface area (Å²) in [7, 11) is -2.79. The zero-order chi connectivity index (χ0) is 44.7. The highest BCUT2D eigenvalue weighted by atomic mass is 32.1. The second-order valence-corrected chi connectivity index (χ2v) is 22.7. The van der Waals surface area contributed by atoms with E-state index in [1.165, 1.54) is 28.6 Å². The summed E-state index contributed by atoms with van der Waals surface area (Å²) < 4.78 is 12.9. The molecule has 10 nitrogen and oxygen atoms in total. The number of hydrogen-bond donors (Lipinski definition) is 2. The van der Waals surface area contributed by atoms with Crippen molar-refractivity contribution in [3.8, 4) is 0 Å². The summed E-state index contributed by atoms with van der Waals surface area (Å²) in [6.45, 7) is 19.0. The fourth-order valence-electron chi connectivity index (χ4n) is 8.02. The molecule has 3 aromatic carbocycles. The Labute approximate surface area is 369 Å². The number of nitrogens with zero attached hydrogens (tertiary/aromatic N) is 2. The summed E-state index contributed by atoms with van der Waals surface area (Å²) >= 11 is 1.21. The lowest BCUT2D eigenvalue weighted by atomic mass is 9.92. The molecule has 0 radical (unpaired) electrons. The number of hydrogen-bond acceptors (Lipinski definition) is 9. The van der Waals surface area contributed by atoms with E-state index >= 15 is 0 Å². The van der Waals surface area contributed by atoms with Crippen molar-refractivity contribution in [1.82, 2.24) is 15.2 Å². The van der Waals surface area contributed by atoms with Gasteiger partial charge in [-0.25, -0.2) is 4.98 Å². The highest BCUT2D eigenvalue weighted by Gasteiger charge is 2.50. The third kappa shape index (κ3) is 13.0. The Morgan fingerprint density at radius 3 is 1.97 bits per heavy atom. The standard InChI is InChI=1S/C49H68N4O6SSi/c1-10-29-53(48(57)45(50)35(5)11-2)42(34(3)4)32-44(59-36(6)54)47-52-41(33-60-47)46(56)51-40(31-37-22-15-12-16-23-37)43(55)28-21-30-58-61(49(7,8)9,38-24-17-13-18-25-38)39-26-19-14-20-27-39/h12-20,22-27,33-35,40,42,44-45H,10-11,21,28-32,50H2,1-9H3,(H,51,56)/t35-,40-,42+,44+,45-/m0/s1. The van der Waals surface area contributed by atoms with Crippen LogP contribution in [0, 0.1) is 11.8 Å². The van der Waals surface area contributed by atoms with Crippen LogP contribution in [0.1, 0.15) is 122 Å². The Morgan fingerprint density at radius 2 is 1.46 bits per heavy atom. The molecule has 3 N–H and O–H groups in total. The van der Waals surface area contributed by atoms with Crippen LogP contribution in [0.4, 0.5) is 0 Å². The van der Waals surface area contributed by atoms with Gasteiger partial charge in [0.1, 0.15) is 10.7 Å². The third-order valence-electron chi connectivity index (χ3n) is 11.5. The maximum absolute atomic E-state index is 14.1. The van der Waals surface area contributed by atoms with Gasteiger partial charge in [0.05, 0.1) is 12.1 Å². The summed E-state index contributed by atoms with van der Waals surface area (Å²) in [5.74, 6) is -1.20. The Bertz CT molecular complexity index is 1950. The Hall–Kier alpha value is -4.49. The lowest BCUT2D eigenvalue weighted by Crippen LogP contribution is -2.66. The van der Waals surface area contributed by atoms with Crippen LogP contribution in [0.25, 0.3) is 0 Å². The maximum Gasteiger partial charge on any atom is 0.303 e. The molecule has 4 aromatic rings. The molecule has 0 aliphatic rings. The predicted molar refractivity (Wildman–Crippen MR) is 249 cm³/mol. The fraction of sp³-hybridized carbons (Fsp3) is 0.490. The van der Waals surface area contributed by atoms with Gasteiger partial charge in [0.25, 0.3) is 14.2 Å². The summed E-state index contributed by atoms with van der Waals surface area (Å²) in [5, 5.41) is 7.20.